The number of urea groups is 1. The molecule has 31 heavy (non-hydrogen) atoms. The van der Waals surface area contributed by atoms with Crippen molar-refractivity contribution in [3.05, 3.63) is 23.9 Å². The molecule has 168 valence electrons. The number of nitrogens with one attached hydrogen (secondary N) is 2. The van der Waals surface area contributed by atoms with Crippen LogP contribution in [0.4, 0.5) is 4.79 Å². The third-order valence-electron chi connectivity index (χ3n) is 5.24. The first kappa shape index (κ1) is 22.3. The summed E-state index contributed by atoms with van der Waals surface area (Å²) in [6, 6.07) is 3.03. The first-order chi connectivity index (χ1) is 15.0. The average Bonchev–Trinajstić information content (AvgIpc) is 3.12. The third-order valence-corrected chi connectivity index (χ3v) is 5.24. The molecule has 0 spiro atoms. The zero-order valence-corrected chi connectivity index (χ0v) is 17.5. The molecule has 11 heteroatoms. The van der Waals surface area contributed by atoms with Crippen LogP contribution < -0.4 is 15.4 Å². The molecule has 1 fully saturated rings. The van der Waals surface area contributed by atoms with Crippen molar-refractivity contribution >= 4 is 23.9 Å². The highest BCUT2D eigenvalue weighted by Crippen LogP contribution is 2.21. The van der Waals surface area contributed by atoms with E-state index in [4.69, 9.17) is 4.74 Å². The SMILES string of the molecule is COc1ccc([C@H](CN2CCN(CCCC(=O)NC3=NCCCN3)C2=O)C(=O)O)cn1. The van der Waals surface area contributed by atoms with Crippen LogP contribution in [0.15, 0.2) is 23.3 Å². The van der Waals surface area contributed by atoms with Gasteiger partial charge in [0.1, 0.15) is 5.92 Å². The van der Waals surface area contributed by atoms with Gasteiger partial charge in [0.05, 0.1) is 7.11 Å². The minimum Gasteiger partial charge on any atom is -0.481 e. The highest BCUT2D eigenvalue weighted by atomic mass is 16.5. The predicted octanol–water partition coefficient (Wildman–Crippen LogP) is 0.242. The van der Waals surface area contributed by atoms with Crippen LogP contribution in [-0.2, 0) is 9.59 Å². The Kier molecular flexibility index (Phi) is 7.63. The number of carbonyl (C=O) groups is 3. The number of ether oxygens (including phenoxy) is 1. The van der Waals surface area contributed by atoms with Crippen LogP contribution in [0.25, 0.3) is 0 Å². The van der Waals surface area contributed by atoms with Crippen molar-refractivity contribution in [3.63, 3.8) is 0 Å². The number of pyridine rings is 1. The number of rotatable bonds is 9. The van der Waals surface area contributed by atoms with Crippen LogP contribution in [0.2, 0.25) is 0 Å². The second kappa shape index (κ2) is 10.6. The summed E-state index contributed by atoms with van der Waals surface area (Å²) in [5.74, 6) is -1.14. The van der Waals surface area contributed by atoms with Gasteiger partial charge in [-0.1, -0.05) is 6.07 Å². The number of nitrogens with zero attached hydrogens (tertiary/aromatic N) is 4. The number of aromatic nitrogens is 1. The van der Waals surface area contributed by atoms with E-state index in [1.165, 1.54) is 18.2 Å². The Morgan fingerprint density at radius 2 is 2.13 bits per heavy atom. The molecule has 0 saturated carbocycles. The Morgan fingerprint density at radius 3 is 2.77 bits per heavy atom. The summed E-state index contributed by atoms with van der Waals surface area (Å²) < 4.78 is 5.00. The summed E-state index contributed by atoms with van der Waals surface area (Å²) in [6.07, 6.45) is 3.20. The molecule has 2 aliphatic rings. The lowest BCUT2D eigenvalue weighted by atomic mass is 10.0. The van der Waals surface area contributed by atoms with Crippen molar-refractivity contribution in [2.45, 2.75) is 25.2 Å². The van der Waals surface area contributed by atoms with Gasteiger partial charge in [-0.05, 0) is 18.4 Å². The first-order valence-corrected chi connectivity index (χ1v) is 10.3. The van der Waals surface area contributed by atoms with Crippen LogP contribution in [0.5, 0.6) is 5.88 Å². The third kappa shape index (κ3) is 6.06. The fraction of sp³-hybridized carbons (Fsp3) is 0.550. The molecule has 3 heterocycles. The van der Waals surface area contributed by atoms with Crippen LogP contribution >= 0.6 is 0 Å². The second-order valence-electron chi connectivity index (χ2n) is 7.40. The van der Waals surface area contributed by atoms with Gasteiger partial charge in [0.15, 0.2) is 5.96 Å². The molecular formula is C20H28N6O5. The lowest BCUT2D eigenvalue weighted by Crippen LogP contribution is -2.43. The van der Waals surface area contributed by atoms with Crippen LogP contribution in [0.3, 0.4) is 0 Å². The number of guanidine groups is 1. The molecule has 0 bridgehead atoms. The smallest absolute Gasteiger partial charge is 0.320 e. The van der Waals surface area contributed by atoms with E-state index >= 15 is 0 Å². The molecule has 0 aliphatic carbocycles. The Labute approximate surface area is 180 Å². The molecule has 0 unspecified atom stereocenters. The molecule has 3 rings (SSSR count). The van der Waals surface area contributed by atoms with E-state index in [1.807, 2.05) is 0 Å². The molecule has 1 aromatic heterocycles. The van der Waals surface area contributed by atoms with Crippen molar-refractivity contribution in [1.29, 1.82) is 0 Å². The maximum atomic E-state index is 12.7. The molecule has 0 aromatic carbocycles. The minimum absolute atomic E-state index is 0.0602. The molecule has 1 atom stereocenters. The van der Waals surface area contributed by atoms with Gasteiger partial charge in [-0.15, -0.1) is 0 Å². The summed E-state index contributed by atoms with van der Waals surface area (Å²) in [5, 5.41) is 15.4. The molecule has 1 aromatic rings. The average molecular weight is 432 g/mol. The summed E-state index contributed by atoms with van der Waals surface area (Å²) in [4.78, 5) is 47.9. The van der Waals surface area contributed by atoms with Gasteiger partial charge in [-0.3, -0.25) is 19.9 Å². The number of carboxylic acids is 1. The van der Waals surface area contributed by atoms with Gasteiger partial charge in [0.25, 0.3) is 0 Å². The van der Waals surface area contributed by atoms with E-state index in [9.17, 15) is 19.5 Å². The summed E-state index contributed by atoms with van der Waals surface area (Å²) in [5.41, 5.74) is 0.510. The number of hydrogen-bond donors (Lipinski definition) is 3. The Balaban J connectivity index is 1.47. The van der Waals surface area contributed by atoms with Gasteiger partial charge < -0.3 is 25.0 Å². The first-order valence-electron chi connectivity index (χ1n) is 10.3. The van der Waals surface area contributed by atoms with Crippen molar-refractivity contribution in [1.82, 2.24) is 25.4 Å². The molecule has 1 saturated heterocycles. The lowest BCUT2D eigenvalue weighted by molar-refractivity contribution is -0.139. The van der Waals surface area contributed by atoms with Crippen LogP contribution in [0.1, 0.15) is 30.7 Å². The Bertz CT molecular complexity index is 828. The fourth-order valence-electron chi connectivity index (χ4n) is 3.52. The van der Waals surface area contributed by atoms with E-state index in [0.717, 1.165) is 13.0 Å². The van der Waals surface area contributed by atoms with E-state index in [1.54, 1.807) is 17.0 Å². The quantitative estimate of drug-likeness (QED) is 0.508. The van der Waals surface area contributed by atoms with Gasteiger partial charge in [0.2, 0.25) is 11.8 Å². The van der Waals surface area contributed by atoms with Crippen molar-refractivity contribution < 1.29 is 24.2 Å². The highest BCUT2D eigenvalue weighted by Gasteiger charge is 2.32. The minimum atomic E-state index is -1.02. The van der Waals surface area contributed by atoms with E-state index in [-0.39, 0.29) is 24.9 Å². The largest absolute Gasteiger partial charge is 0.481 e. The zero-order chi connectivity index (χ0) is 22.2. The standard InChI is InChI=1S/C20H28N6O5/c1-31-17-6-5-14(12-23-17)15(18(28)29)13-26-11-10-25(20(26)30)9-2-4-16(27)24-19-21-7-3-8-22-19/h5-6,12,15H,2-4,7-11,13H2,1H3,(H,28,29)(H2,21,22,24,27)/t15-/m0/s1. The number of aliphatic imine (C=N–C) groups is 1. The lowest BCUT2D eigenvalue weighted by Gasteiger charge is -2.22. The highest BCUT2D eigenvalue weighted by molar-refractivity contribution is 5.97. The van der Waals surface area contributed by atoms with Gasteiger partial charge in [0, 0.05) is 58.0 Å². The maximum Gasteiger partial charge on any atom is 0.320 e. The summed E-state index contributed by atoms with van der Waals surface area (Å²) in [6.45, 7) is 2.93. The molecule has 2 aliphatic heterocycles. The number of aliphatic carboxylic acids is 1. The van der Waals surface area contributed by atoms with Gasteiger partial charge in [-0.2, -0.15) is 0 Å². The monoisotopic (exact) mass is 432 g/mol. The van der Waals surface area contributed by atoms with Gasteiger partial charge in [-0.25, -0.2) is 9.78 Å². The molecule has 0 radical (unpaired) electrons. The topological polar surface area (TPSA) is 136 Å². The Hall–Kier alpha value is -3.37. The number of hydrogen-bond acceptors (Lipinski definition) is 7. The van der Waals surface area contributed by atoms with E-state index in [2.05, 4.69) is 20.6 Å². The van der Waals surface area contributed by atoms with Crippen molar-refractivity contribution in [2.75, 3.05) is 46.4 Å². The number of carbonyl (C=O) groups excluding carboxylic acids is 2. The second-order valence-corrected chi connectivity index (χ2v) is 7.40. The fourth-order valence-corrected chi connectivity index (χ4v) is 3.52. The van der Waals surface area contributed by atoms with Crippen LogP contribution in [-0.4, -0.2) is 90.1 Å². The molecular weight excluding hydrogens is 404 g/mol. The maximum absolute atomic E-state index is 12.7. The number of methoxy groups -OCH3 is 1. The van der Waals surface area contributed by atoms with Crippen LogP contribution in [0, 0.1) is 0 Å². The number of amides is 3. The molecule has 3 N–H and O–H groups in total. The summed E-state index contributed by atoms with van der Waals surface area (Å²) >= 11 is 0. The summed E-state index contributed by atoms with van der Waals surface area (Å²) in [7, 11) is 1.48. The molecule has 11 nitrogen and oxygen atoms in total. The van der Waals surface area contributed by atoms with Crippen molar-refractivity contribution in [2.24, 2.45) is 4.99 Å². The van der Waals surface area contributed by atoms with Crippen molar-refractivity contribution in [3.8, 4) is 5.88 Å². The van der Waals surface area contributed by atoms with E-state index in [0.29, 0.717) is 50.0 Å². The normalized spacial score (nSPS) is 17.1. The molecule has 3 amide bonds. The van der Waals surface area contributed by atoms with Gasteiger partial charge >= 0.3 is 12.0 Å². The predicted molar refractivity (Wildman–Crippen MR) is 112 cm³/mol. The Morgan fingerprint density at radius 1 is 1.32 bits per heavy atom. The van der Waals surface area contributed by atoms with E-state index < -0.39 is 11.9 Å². The zero-order valence-electron chi connectivity index (χ0n) is 17.5. The number of carboxylic acid groups (broad SMARTS) is 1.